The van der Waals surface area contributed by atoms with Crippen molar-refractivity contribution in [2.24, 2.45) is 11.7 Å². The highest BCUT2D eigenvalue weighted by Gasteiger charge is 2.31. The molecule has 0 saturated carbocycles. The summed E-state index contributed by atoms with van der Waals surface area (Å²) in [6.45, 7) is 12.9. The quantitative estimate of drug-likeness (QED) is 0.125. The van der Waals surface area contributed by atoms with Crippen molar-refractivity contribution in [2.75, 3.05) is 13.1 Å². The first-order valence-corrected chi connectivity index (χ1v) is 12.8. The lowest BCUT2D eigenvalue weighted by atomic mass is 10.0. The smallest absolute Gasteiger partial charge is 0.407 e. The molecule has 0 aromatic heterocycles. The maximum absolute atomic E-state index is 12.8. The third-order valence-electron chi connectivity index (χ3n) is 4.79. The Hall–Kier alpha value is -3.42. The molecule has 0 fully saturated rings. The van der Waals surface area contributed by atoms with Crippen molar-refractivity contribution < 1.29 is 43.3 Å². The number of nitrogens with one attached hydrogen (secondary N) is 4. The minimum absolute atomic E-state index is 0.207. The predicted molar refractivity (Wildman–Crippen MR) is 141 cm³/mol. The molecule has 0 spiro atoms. The van der Waals surface area contributed by atoms with E-state index in [0.717, 1.165) is 0 Å². The second-order valence-corrected chi connectivity index (χ2v) is 11.4. The van der Waals surface area contributed by atoms with Gasteiger partial charge in [-0.05, 0) is 60.3 Å². The molecule has 0 aliphatic heterocycles. The fourth-order valence-corrected chi connectivity index (χ4v) is 3.03. The largest absolute Gasteiger partial charge is 0.480 e. The summed E-state index contributed by atoms with van der Waals surface area (Å²) < 4.78 is 10.3. The van der Waals surface area contributed by atoms with Gasteiger partial charge in [-0.2, -0.15) is 0 Å². The van der Waals surface area contributed by atoms with E-state index in [4.69, 9.17) is 15.2 Å². The van der Waals surface area contributed by atoms with Crippen molar-refractivity contribution >= 4 is 35.8 Å². The Morgan fingerprint density at radius 3 is 1.90 bits per heavy atom. The van der Waals surface area contributed by atoms with E-state index in [-0.39, 0.29) is 13.0 Å². The van der Waals surface area contributed by atoms with Crippen molar-refractivity contribution in [1.29, 1.82) is 0 Å². The average Bonchev–Trinajstić information content (AvgIpc) is 2.74. The number of alkyl carbamates (subject to hydrolysis) is 1. The fraction of sp³-hybridized carbons (Fsp3) is 0.760. The van der Waals surface area contributed by atoms with Crippen LogP contribution in [0.1, 0.15) is 74.7 Å². The Labute approximate surface area is 229 Å². The second kappa shape index (κ2) is 15.9. The summed E-state index contributed by atoms with van der Waals surface area (Å²) in [5, 5.41) is 18.9. The fourth-order valence-electron chi connectivity index (χ4n) is 3.03. The molecule has 14 nitrogen and oxygen atoms in total. The molecule has 7 N–H and O–H groups in total. The molecular formula is C25H45N5O9. The van der Waals surface area contributed by atoms with Gasteiger partial charge >= 0.3 is 18.0 Å². The first kappa shape index (κ1) is 35.6. The van der Waals surface area contributed by atoms with E-state index in [0.29, 0.717) is 6.42 Å². The van der Waals surface area contributed by atoms with Gasteiger partial charge in [-0.15, -0.1) is 0 Å². The molecule has 0 aromatic carbocycles. The summed E-state index contributed by atoms with van der Waals surface area (Å²) >= 11 is 0. The number of carbonyl (C=O) groups excluding carboxylic acids is 5. The Morgan fingerprint density at radius 1 is 0.846 bits per heavy atom. The number of carboxylic acids is 1. The van der Waals surface area contributed by atoms with Crippen LogP contribution in [0.15, 0.2) is 0 Å². The van der Waals surface area contributed by atoms with Crippen molar-refractivity contribution in [3.8, 4) is 0 Å². The Bertz CT molecular complexity index is 878. The molecule has 0 radical (unpaired) electrons. The lowest BCUT2D eigenvalue weighted by molar-refractivity contribution is -0.156. The monoisotopic (exact) mass is 559 g/mol. The first-order chi connectivity index (χ1) is 17.7. The summed E-state index contributed by atoms with van der Waals surface area (Å²) in [6.07, 6.45) is -0.570. The van der Waals surface area contributed by atoms with Crippen LogP contribution in [-0.2, 0) is 33.4 Å². The molecular weight excluding hydrogens is 514 g/mol. The zero-order chi connectivity index (χ0) is 30.6. The van der Waals surface area contributed by atoms with Crippen molar-refractivity contribution in [3.63, 3.8) is 0 Å². The van der Waals surface area contributed by atoms with E-state index in [1.54, 1.807) is 55.4 Å². The third kappa shape index (κ3) is 16.9. The standard InChI is InChI=1S/C25H45N5O9/c1-14(2)19(22(35)36)30-21(34)16(12-18(32)38-24(3,4)5)29-17(31)13-28-20(33)15(26)10-9-11-27-23(37)39-25(6,7)8/h14-16,19H,9-13,26H2,1-8H3,(H,27,37)(H,28,33)(H,29,31)(H,30,34)(H,35,36)/t15-,16-,19-/m0/s1. The normalized spacial score (nSPS) is 13.9. The van der Waals surface area contributed by atoms with Gasteiger partial charge in [0.1, 0.15) is 23.3 Å². The lowest BCUT2D eigenvalue weighted by Crippen LogP contribution is -2.55. The highest BCUT2D eigenvalue weighted by molar-refractivity contribution is 5.94. The Morgan fingerprint density at radius 2 is 1.41 bits per heavy atom. The number of ether oxygens (including phenoxy) is 2. The number of nitrogens with two attached hydrogens (primary N) is 1. The van der Waals surface area contributed by atoms with Crippen LogP contribution in [0.25, 0.3) is 0 Å². The number of hydrogen-bond acceptors (Lipinski definition) is 9. The average molecular weight is 560 g/mol. The number of hydrogen-bond donors (Lipinski definition) is 6. The van der Waals surface area contributed by atoms with E-state index < -0.39 is 84.0 Å². The summed E-state index contributed by atoms with van der Waals surface area (Å²) in [4.78, 5) is 72.9. The highest BCUT2D eigenvalue weighted by Crippen LogP contribution is 2.10. The van der Waals surface area contributed by atoms with Gasteiger partial charge in [0.2, 0.25) is 17.7 Å². The van der Waals surface area contributed by atoms with Crippen molar-refractivity contribution in [1.82, 2.24) is 21.3 Å². The molecule has 0 unspecified atom stereocenters. The number of rotatable bonds is 14. The van der Waals surface area contributed by atoms with Gasteiger partial charge in [-0.25, -0.2) is 9.59 Å². The number of carbonyl (C=O) groups is 6. The molecule has 4 amide bonds. The molecule has 0 saturated heterocycles. The van der Waals surface area contributed by atoms with Crippen LogP contribution in [0.5, 0.6) is 0 Å². The molecule has 3 atom stereocenters. The zero-order valence-electron chi connectivity index (χ0n) is 24.1. The number of carboxylic acid groups (broad SMARTS) is 1. The van der Waals surface area contributed by atoms with Crippen LogP contribution >= 0.6 is 0 Å². The highest BCUT2D eigenvalue weighted by atomic mass is 16.6. The van der Waals surface area contributed by atoms with Crippen LogP contribution in [0.3, 0.4) is 0 Å². The summed E-state index contributed by atoms with van der Waals surface area (Å²) in [5.41, 5.74) is 4.35. The van der Waals surface area contributed by atoms with Gasteiger partial charge in [0.25, 0.3) is 0 Å². The van der Waals surface area contributed by atoms with Gasteiger partial charge in [-0.1, -0.05) is 13.8 Å². The molecule has 0 heterocycles. The molecule has 0 rings (SSSR count). The van der Waals surface area contributed by atoms with E-state index in [2.05, 4.69) is 21.3 Å². The van der Waals surface area contributed by atoms with Crippen LogP contribution in [0.2, 0.25) is 0 Å². The van der Waals surface area contributed by atoms with Crippen LogP contribution in [0, 0.1) is 5.92 Å². The van der Waals surface area contributed by atoms with Gasteiger partial charge in [0.05, 0.1) is 19.0 Å². The minimum Gasteiger partial charge on any atom is -0.480 e. The maximum atomic E-state index is 12.8. The van der Waals surface area contributed by atoms with E-state index >= 15 is 0 Å². The maximum Gasteiger partial charge on any atom is 0.407 e. The molecule has 0 aliphatic carbocycles. The molecule has 14 heteroatoms. The van der Waals surface area contributed by atoms with Crippen LogP contribution < -0.4 is 27.0 Å². The molecule has 39 heavy (non-hydrogen) atoms. The third-order valence-corrected chi connectivity index (χ3v) is 4.79. The topological polar surface area (TPSA) is 215 Å². The second-order valence-electron chi connectivity index (χ2n) is 11.4. The van der Waals surface area contributed by atoms with Crippen LogP contribution in [0.4, 0.5) is 4.79 Å². The van der Waals surface area contributed by atoms with Gasteiger partial charge in [0, 0.05) is 6.54 Å². The van der Waals surface area contributed by atoms with E-state index in [1.807, 2.05) is 0 Å². The number of esters is 1. The molecule has 224 valence electrons. The Kier molecular flexibility index (Phi) is 14.5. The van der Waals surface area contributed by atoms with Gasteiger partial charge < -0.3 is 41.6 Å². The minimum atomic E-state index is -1.45. The van der Waals surface area contributed by atoms with Gasteiger partial charge in [-0.3, -0.25) is 19.2 Å². The summed E-state index contributed by atoms with van der Waals surface area (Å²) in [6, 6.07) is -3.67. The zero-order valence-corrected chi connectivity index (χ0v) is 24.1. The summed E-state index contributed by atoms with van der Waals surface area (Å²) in [7, 11) is 0. The summed E-state index contributed by atoms with van der Waals surface area (Å²) in [5.74, 6) is -4.86. The van der Waals surface area contributed by atoms with Crippen LogP contribution in [-0.4, -0.2) is 83.3 Å². The number of amides is 4. The predicted octanol–water partition coefficient (Wildman–Crippen LogP) is 0.177. The molecule has 0 aliphatic rings. The van der Waals surface area contributed by atoms with Gasteiger partial charge in [0.15, 0.2) is 0 Å². The van der Waals surface area contributed by atoms with E-state index in [1.165, 1.54) is 0 Å². The van der Waals surface area contributed by atoms with E-state index in [9.17, 15) is 33.9 Å². The molecule has 0 bridgehead atoms. The molecule has 0 aromatic rings. The Balaban J connectivity index is 4.96. The lowest BCUT2D eigenvalue weighted by Gasteiger charge is -2.25. The van der Waals surface area contributed by atoms with Crippen molar-refractivity contribution in [3.05, 3.63) is 0 Å². The van der Waals surface area contributed by atoms with Crippen molar-refractivity contribution in [2.45, 2.75) is 104 Å². The SMILES string of the molecule is CC(C)[C@H](NC(=O)[C@H](CC(=O)OC(C)(C)C)NC(=O)CNC(=O)[C@@H](N)CCCNC(=O)OC(C)(C)C)C(=O)O. The first-order valence-electron chi connectivity index (χ1n) is 12.8. The number of aliphatic carboxylic acids is 1.